The van der Waals surface area contributed by atoms with Crippen LogP contribution in [0.5, 0.6) is 5.75 Å². The average Bonchev–Trinajstić information content (AvgIpc) is 2.54. The number of esters is 1. The van der Waals surface area contributed by atoms with E-state index in [1.807, 2.05) is 61.5 Å². The van der Waals surface area contributed by atoms with Crippen LogP contribution < -0.4 is 4.74 Å². The summed E-state index contributed by atoms with van der Waals surface area (Å²) in [7, 11) is 3.03. The van der Waals surface area contributed by atoms with Crippen LogP contribution in [0.4, 0.5) is 0 Å². The first kappa shape index (κ1) is 14.1. The molecule has 0 aliphatic heterocycles. The summed E-state index contributed by atoms with van der Waals surface area (Å²) in [6.07, 6.45) is 0. The molecule has 0 spiro atoms. The second kappa shape index (κ2) is 5.78. The highest BCUT2D eigenvalue weighted by atomic mass is 16.5. The van der Waals surface area contributed by atoms with E-state index in [1.54, 1.807) is 7.11 Å². The minimum atomic E-state index is -0.831. The van der Waals surface area contributed by atoms with Crippen molar-refractivity contribution in [2.45, 2.75) is 12.3 Å². The van der Waals surface area contributed by atoms with Gasteiger partial charge in [-0.2, -0.15) is 0 Å². The summed E-state index contributed by atoms with van der Waals surface area (Å²) >= 11 is 0. The van der Waals surface area contributed by atoms with Crippen LogP contribution in [0.25, 0.3) is 0 Å². The lowest BCUT2D eigenvalue weighted by Gasteiger charge is -2.28. The van der Waals surface area contributed by atoms with Gasteiger partial charge in [0, 0.05) is 0 Å². The molecule has 0 bridgehead atoms. The summed E-state index contributed by atoms with van der Waals surface area (Å²) in [5.74, 6) is 0.475. The van der Waals surface area contributed by atoms with Crippen molar-refractivity contribution in [3.8, 4) is 5.75 Å². The molecule has 3 nitrogen and oxygen atoms in total. The third-order valence-corrected chi connectivity index (χ3v) is 3.61. The number of hydrogen-bond acceptors (Lipinski definition) is 3. The molecule has 0 saturated heterocycles. The Labute approximate surface area is 119 Å². The van der Waals surface area contributed by atoms with Crippen LogP contribution in [0, 0.1) is 0 Å². The number of ether oxygens (including phenoxy) is 2. The molecule has 2 aromatic carbocycles. The Balaban J connectivity index is 2.54. The fourth-order valence-electron chi connectivity index (χ4n) is 2.30. The minimum Gasteiger partial charge on any atom is -0.497 e. The Hall–Kier alpha value is -2.29. The first-order chi connectivity index (χ1) is 9.62. The molecule has 0 aromatic heterocycles. The highest BCUT2D eigenvalue weighted by molar-refractivity contribution is 5.87. The Kier molecular flexibility index (Phi) is 4.08. The Morgan fingerprint density at radius 2 is 1.45 bits per heavy atom. The first-order valence-corrected chi connectivity index (χ1v) is 6.41. The van der Waals surface area contributed by atoms with Crippen LogP contribution in [0.2, 0.25) is 0 Å². The molecule has 2 rings (SSSR count). The van der Waals surface area contributed by atoms with E-state index in [-0.39, 0.29) is 5.97 Å². The van der Waals surface area contributed by atoms with Crippen molar-refractivity contribution >= 4 is 5.97 Å². The van der Waals surface area contributed by atoms with Gasteiger partial charge < -0.3 is 9.47 Å². The van der Waals surface area contributed by atoms with Gasteiger partial charge >= 0.3 is 5.97 Å². The molecule has 2 aromatic rings. The van der Waals surface area contributed by atoms with E-state index in [0.717, 1.165) is 16.9 Å². The normalized spacial score (nSPS) is 13.3. The lowest BCUT2D eigenvalue weighted by atomic mass is 9.76. The third kappa shape index (κ3) is 2.39. The van der Waals surface area contributed by atoms with Crippen LogP contribution in [0.15, 0.2) is 54.6 Å². The second-order valence-corrected chi connectivity index (χ2v) is 4.71. The van der Waals surface area contributed by atoms with Crippen molar-refractivity contribution < 1.29 is 14.3 Å². The van der Waals surface area contributed by atoms with E-state index < -0.39 is 5.41 Å². The predicted octanol–water partition coefficient (Wildman–Crippen LogP) is 3.17. The number of methoxy groups -OCH3 is 2. The largest absolute Gasteiger partial charge is 0.497 e. The SMILES string of the molecule is COC(=O)C(C)(c1ccccc1)c1ccc(OC)cc1. The Morgan fingerprint density at radius 3 is 1.95 bits per heavy atom. The molecular formula is C17H18O3. The topological polar surface area (TPSA) is 35.5 Å². The van der Waals surface area contributed by atoms with Crippen molar-refractivity contribution in [1.29, 1.82) is 0 Å². The maximum atomic E-state index is 12.3. The monoisotopic (exact) mass is 270 g/mol. The molecule has 1 unspecified atom stereocenters. The van der Waals surface area contributed by atoms with Crippen LogP contribution in [-0.2, 0) is 14.9 Å². The molecule has 104 valence electrons. The highest BCUT2D eigenvalue weighted by Crippen LogP contribution is 2.34. The zero-order chi connectivity index (χ0) is 14.6. The second-order valence-electron chi connectivity index (χ2n) is 4.71. The van der Waals surface area contributed by atoms with E-state index >= 15 is 0 Å². The third-order valence-electron chi connectivity index (χ3n) is 3.61. The summed E-state index contributed by atoms with van der Waals surface area (Å²) in [6, 6.07) is 17.1. The van der Waals surface area contributed by atoms with Crippen LogP contribution in [0.1, 0.15) is 18.1 Å². The van der Waals surface area contributed by atoms with E-state index in [9.17, 15) is 4.79 Å². The van der Waals surface area contributed by atoms with Crippen LogP contribution >= 0.6 is 0 Å². The van der Waals surface area contributed by atoms with Gasteiger partial charge in [0.2, 0.25) is 0 Å². The van der Waals surface area contributed by atoms with Crippen molar-refractivity contribution in [3.63, 3.8) is 0 Å². The number of hydrogen-bond donors (Lipinski definition) is 0. The van der Waals surface area contributed by atoms with Gasteiger partial charge in [-0.3, -0.25) is 4.79 Å². The Bertz CT molecular complexity index is 575. The van der Waals surface area contributed by atoms with Gasteiger partial charge in [-0.25, -0.2) is 0 Å². The molecule has 0 saturated carbocycles. The molecule has 0 aliphatic carbocycles. The first-order valence-electron chi connectivity index (χ1n) is 6.41. The number of benzene rings is 2. The van der Waals surface area contributed by atoms with Gasteiger partial charge in [0.25, 0.3) is 0 Å². The quantitative estimate of drug-likeness (QED) is 0.800. The van der Waals surface area contributed by atoms with Gasteiger partial charge in [-0.1, -0.05) is 42.5 Å². The highest BCUT2D eigenvalue weighted by Gasteiger charge is 2.38. The molecule has 3 heteroatoms. The Morgan fingerprint density at radius 1 is 0.900 bits per heavy atom. The van der Waals surface area contributed by atoms with E-state index in [2.05, 4.69) is 0 Å². The van der Waals surface area contributed by atoms with Crippen molar-refractivity contribution in [3.05, 3.63) is 65.7 Å². The van der Waals surface area contributed by atoms with Gasteiger partial charge in [0.15, 0.2) is 0 Å². The summed E-state index contributed by atoms with van der Waals surface area (Å²) in [5, 5.41) is 0. The van der Waals surface area contributed by atoms with Crippen molar-refractivity contribution in [1.82, 2.24) is 0 Å². The van der Waals surface area contributed by atoms with Gasteiger partial charge in [-0.15, -0.1) is 0 Å². The maximum Gasteiger partial charge on any atom is 0.320 e. The molecule has 1 atom stereocenters. The molecule has 0 fully saturated rings. The van der Waals surface area contributed by atoms with E-state index in [1.165, 1.54) is 7.11 Å². The summed E-state index contributed by atoms with van der Waals surface area (Å²) in [4.78, 5) is 12.3. The predicted molar refractivity (Wildman–Crippen MR) is 77.9 cm³/mol. The summed E-state index contributed by atoms with van der Waals surface area (Å²) in [6.45, 7) is 1.87. The van der Waals surface area contributed by atoms with Crippen LogP contribution in [0.3, 0.4) is 0 Å². The molecule has 0 radical (unpaired) electrons. The minimum absolute atomic E-state index is 0.283. The zero-order valence-electron chi connectivity index (χ0n) is 11.9. The van der Waals surface area contributed by atoms with Crippen molar-refractivity contribution in [2.75, 3.05) is 14.2 Å². The molecular weight excluding hydrogens is 252 g/mol. The lowest BCUT2D eigenvalue weighted by molar-refractivity contribution is -0.145. The van der Waals surface area contributed by atoms with Crippen molar-refractivity contribution in [2.24, 2.45) is 0 Å². The van der Waals surface area contributed by atoms with E-state index in [4.69, 9.17) is 9.47 Å². The van der Waals surface area contributed by atoms with E-state index in [0.29, 0.717) is 0 Å². The molecule has 0 N–H and O–H groups in total. The smallest absolute Gasteiger partial charge is 0.320 e. The fraction of sp³-hybridized carbons (Fsp3) is 0.235. The maximum absolute atomic E-state index is 12.3. The molecule has 20 heavy (non-hydrogen) atoms. The van der Waals surface area contributed by atoms with Gasteiger partial charge in [0.1, 0.15) is 11.2 Å². The molecule has 0 amide bonds. The lowest BCUT2D eigenvalue weighted by Crippen LogP contribution is -2.35. The standard InChI is InChI=1S/C17H18O3/c1-17(16(18)20-3,13-7-5-4-6-8-13)14-9-11-15(19-2)12-10-14/h4-12H,1-3H3. The number of rotatable bonds is 4. The summed E-state index contributed by atoms with van der Waals surface area (Å²) in [5.41, 5.74) is 0.941. The van der Waals surface area contributed by atoms with Crippen LogP contribution in [-0.4, -0.2) is 20.2 Å². The molecule has 0 heterocycles. The average molecular weight is 270 g/mol. The fourth-order valence-corrected chi connectivity index (χ4v) is 2.30. The van der Waals surface area contributed by atoms with Gasteiger partial charge in [-0.05, 0) is 30.2 Å². The van der Waals surface area contributed by atoms with Gasteiger partial charge in [0.05, 0.1) is 14.2 Å². The number of carbonyl (C=O) groups excluding carboxylic acids is 1. The number of carbonyl (C=O) groups is 1. The summed E-state index contributed by atoms with van der Waals surface area (Å²) < 4.78 is 10.2. The zero-order valence-corrected chi connectivity index (χ0v) is 11.9. The molecule has 0 aliphatic rings.